The number of aromatic nitrogens is 4. The topological polar surface area (TPSA) is 116 Å². The van der Waals surface area contributed by atoms with E-state index in [0.29, 0.717) is 35.9 Å². The van der Waals surface area contributed by atoms with Crippen LogP contribution in [0.1, 0.15) is 40.2 Å². The van der Waals surface area contributed by atoms with E-state index in [4.69, 9.17) is 5.73 Å². The number of aromatic amines is 1. The van der Waals surface area contributed by atoms with Crippen molar-refractivity contribution in [1.82, 2.24) is 19.1 Å². The lowest BCUT2D eigenvalue weighted by Gasteiger charge is -2.11. The van der Waals surface area contributed by atoms with Gasteiger partial charge in [-0.15, -0.1) is 0 Å². The van der Waals surface area contributed by atoms with Gasteiger partial charge in [0.05, 0.1) is 6.54 Å². The highest BCUT2D eigenvalue weighted by Crippen LogP contribution is 2.30. The molecule has 4 aromatic rings. The molecular weight excluding hydrogens is 425 g/mol. The highest BCUT2D eigenvalue weighted by molar-refractivity contribution is 5.92. The highest BCUT2D eigenvalue weighted by atomic mass is 19.1. The summed E-state index contributed by atoms with van der Waals surface area (Å²) in [6.07, 6.45) is 2.41. The lowest BCUT2D eigenvalue weighted by molar-refractivity contribution is 0.100. The first-order valence-electron chi connectivity index (χ1n) is 10.7. The van der Waals surface area contributed by atoms with Crippen LogP contribution in [0.25, 0.3) is 11.2 Å². The van der Waals surface area contributed by atoms with Gasteiger partial charge in [-0.2, -0.15) is 0 Å². The molecule has 0 atom stereocenters. The van der Waals surface area contributed by atoms with Gasteiger partial charge in [0, 0.05) is 24.1 Å². The summed E-state index contributed by atoms with van der Waals surface area (Å²) in [5.74, 6) is -0.0968. The number of hydrogen-bond donors (Lipinski definition) is 2. The number of primary amides is 1. The van der Waals surface area contributed by atoms with Crippen molar-refractivity contribution in [3.05, 3.63) is 97.7 Å². The molecule has 1 saturated carbocycles. The zero-order valence-corrected chi connectivity index (χ0v) is 17.8. The van der Waals surface area contributed by atoms with E-state index in [-0.39, 0.29) is 17.6 Å². The summed E-state index contributed by atoms with van der Waals surface area (Å²) < 4.78 is 16.8. The summed E-state index contributed by atoms with van der Waals surface area (Å²) in [6.45, 7) is 0.304. The normalized spacial score (nSPS) is 13.5. The van der Waals surface area contributed by atoms with Crippen molar-refractivity contribution in [2.75, 3.05) is 0 Å². The van der Waals surface area contributed by atoms with Crippen molar-refractivity contribution in [3.63, 3.8) is 0 Å². The number of nitrogens with two attached hydrogens (primary N) is 1. The minimum Gasteiger partial charge on any atom is -0.366 e. The average Bonchev–Trinajstić information content (AvgIpc) is 3.53. The Hall–Kier alpha value is -4.01. The van der Waals surface area contributed by atoms with Crippen LogP contribution < -0.4 is 17.0 Å². The maximum absolute atomic E-state index is 14.2. The van der Waals surface area contributed by atoms with Gasteiger partial charge in [-0.1, -0.05) is 30.3 Å². The summed E-state index contributed by atoms with van der Waals surface area (Å²) in [5.41, 5.74) is 6.32. The van der Waals surface area contributed by atoms with Crippen molar-refractivity contribution in [1.29, 1.82) is 0 Å². The van der Waals surface area contributed by atoms with E-state index >= 15 is 0 Å². The molecule has 5 rings (SSSR count). The second kappa shape index (κ2) is 8.16. The molecule has 8 nitrogen and oxygen atoms in total. The molecule has 168 valence electrons. The summed E-state index contributed by atoms with van der Waals surface area (Å²) in [7, 11) is 0. The van der Waals surface area contributed by atoms with Crippen LogP contribution in [0.4, 0.5) is 4.39 Å². The first kappa shape index (κ1) is 20.9. The number of imidazole rings is 1. The van der Waals surface area contributed by atoms with Gasteiger partial charge in [-0.05, 0) is 42.5 Å². The van der Waals surface area contributed by atoms with Crippen LogP contribution in [0.15, 0.2) is 58.1 Å². The molecule has 33 heavy (non-hydrogen) atoms. The quantitative estimate of drug-likeness (QED) is 0.452. The molecule has 2 aromatic heterocycles. The lowest BCUT2D eigenvalue weighted by Crippen LogP contribution is -2.40. The number of amides is 1. The molecule has 2 aromatic carbocycles. The number of carbonyl (C=O) groups excluding carboxylic acids is 1. The van der Waals surface area contributed by atoms with E-state index < -0.39 is 23.0 Å². The van der Waals surface area contributed by atoms with Crippen molar-refractivity contribution in [3.8, 4) is 0 Å². The molecule has 0 aliphatic heterocycles. The number of carbonyl (C=O) groups is 1. The van der Waals surface area contributed by atoms with Crippen molar-refractivity contribution in [2.45, 2.75) is 32.4 Å². The monoisotopic (exact) mass is 447 g/mol. The number of nitrogens with one attached hydrogen (secondary N) is 1. The Kier molecular flexibility index (Phi) is 5.16. The van der Waals surface area contributed by atoms with Gasteiger partial charge >= 0.3 is 5.69 Å². The Bertz CT molecular complexity index is 1480. The first-order valence-corrected chi connectivity index (χ1v) is 10.7. The fourth-order valence-corrected chi connectivity index (χ4v) is 3.94. The van der Waals surface area contributed by atoms with Crippen LogP contribution in [-0.4, -0.2) is 25.0 Å². The summed E-state index contributed by atoms with van der Waals surface area (Å²) >= 11 is 0. The van der Waals surface area contributed by atoms with Gasteiger partial charge in [0.1, 0.15) is 17.2 Å². The molecule has 0 saturated heterocycles. The van der Waals surface area contributed by atoms with Gasteiger partial charge in [-0.3, -0.25) is 18.7 Å². The van der Waals surface area contributed by atoms with Crippen LogP contribution in [0.2, 0.25) is 0 Å². The number of halogens is 1. The van der Waals surface area contributed by atoms with Crippen molar-refractivity contribution in [2.24, 2.45) is 11.7 Å². The Morgan fingerprint density at radius 2 is 1.82 bits per heavy atom. The molecule has 0 radical (unpaired) electrons. The van der Waals surface area contributed by atoms with Gasteiger partial charge in [0.25, 0.3) is 5.56 Å². The van der Waals surface area contributed by atoms with Crippen LogP contribution >= 0.6 is 0 Å². The third-order valence-electron chi connectivity index (χ3n) is 5.94. The Morgan fingerprint density at radius 1 is 1.09 bits per heavy atom. The Balaban J connectivity index is 1.58. The minimum absolute atomic E-state index is 0.159. The van der Waals surface area contributed by atoms with Crippen LogP contribution in [0.3, 0.4) is 0 Å². The molecule has 3 N–H and O–H groups in total. The SMILES string of the molecule is NC(=O)c1ccc(Cc2nc3c([nH]2)c(=O)n(Cc2ccccc2F)c(=O)n3CC2CC2)cc1. The van der Waals surface area contributed by atoms with Gasteiger partial charge < -0.3 is 10.7 Å². The number of benzene rings is 2. The maximum atomic E-state index is 14.2. The van der Waals surface area contributed by atoms with E-state index in [1.54, 1.807) is 42.5 Å². The van der Waals surface area contributed by atoms with Crippen LogP contribution in [-0.2, 0) is 19.5 Å². The maximum Gasteiger partial charge on any atom is 0.333 e. The number of rotatable bonds is 7. The zero-order chi connectivity index (χ0) is 23.1. The molecule has 9 heteroatoms. The Morgan fingerprint density at radius 3 is 2.48 bits per heavy atom. The first-order chi connectivity index (χ1) is 15.9. The van der Waals surface area contributed by atoms with E-state index in [2.05, 4.69) is 9.97 Å². The van der Waals surface area contributed by atoms with Crippen molar-refractivity contribution < 1.29 is 9.18 Å². The zero-order valence-electron chi connectivity index (χ0n) is 17.8. The molecule has 0 unspecified atom stereocenters. The number of hydrogen-bond acceptors (Lipinski definition) is 4. The standard InChI is InChI=1S/C24H22FN5O3/c25-18-4-2-1-3-17(18)13-30-23(32)20-22(29(24(30)33)12-15-5-6-15)28-19(27-20)11-14-7-9-16(10-8-14)21(26)31/h1-4,7-10,15H,5-6,11-13H2,(H2,26,31)(H,27,28). The summed E-state index contributed by atoms with van der Waals surface area (Å²) in [6, 6.07) is 12.9. The Labute approximate surface area is 187 Å². The second-order valence-corrected chi connectivity index (χ2v) is 8.44. The van der Waals surface area contributed by atoms with E-state index in [1.165, 1.54) is 10.6 Å². The molecule has 0 spiro atoms. The fourth-order valence-electron chi connectivity index (χ4n) is 3.94. The van der Waals surface area contributed by atoms with Gasteiger partial charge in [-0.25, -0.2) is 14.2 Å². The number of fused-ring (bicyclic) bond motifs is 1. The second-order valence-electron chi connectivity index (χ2n) is 8.44. The predicted octanol–water partition coefficient (Wildman–Crippen LogP) is 2.17. The predicted molar refractivity (Wildman–Crippen MR) is 121 cm³/mol. The molecule has 1 aliphatic carbocycles. The molecule has 1 fully saturated rings. The third kappa shape index (κ3) is 4.09. The minimum atomic E-state index is -0.534. The average molecular weight is 447 g/mol. The van der Waals surface area contributed by atoms with Gasteiger partial charge in [0.15, 0.2) is 5.65 Å². The van der Waals surface area contributed by atoms with E-state index in [1.807, 2.05) is 0 Å². The molecular formula is C24H22FN5O3. The molecule has 2 heterocycles. The number of nitrogens with zero attached hydrogens (tertiary/aromatic N) is 3. The largest absolute Gasteiger partial charge is 0.366 e. The van der Waals surface area contributed by atoms with Crippen molar-refractivity contribution >= 4 is 17.1 Å². The molecule has 1 amide bonds. The summed E-state index contributed by atoms with van der Waals surface area (Å²) in [5, 5.41) is 0. The lowest BCUT2D eigenvalue weighted by atomic mass is 10.1. The highest BCUT2D eigenvalue weighted by Gasteiger charge is 2.26. The van der Waals surface area contributed by atoms with E-state index in [0.717, 1.165) is 23.0 Å². The van der Waals surface area contributed by atoms with Crippen LogP contribution in [0, 0.1) is 11.7 Å². The van der Waals surface area contributed by atoms with Gasteiger partial charge in [0.2, 0.25) is 5.91 Å². The van der Waals surface area contributed by atoms with E-state index in [9.17, 15) is 18.8 Å². The van der Waals surface area contributed by atoms with Crippen LogP contribution in [0.5, 0.6) is 0 Å². The third-order valence-corrected chi connectivity index (χ3v) is 5.94. The molecule has 0 bridgehead atoms. The fraction of sp³-hybridized carbons (Fsp3) is 0.250. The smallest absolute Gasteiger partial charge is 0.333 e. The molecule has 1 aliphatic rings. The summed E-state index contributed by atoms with van der Waals surface area (Å²) in [4.78, 5) is 45.4. The number of H-pyrrole nitrogens is 1.